The molecule has 9 heteroatoms. The third-order valence-corrected chi connectivity index (χ3v) is 5.92. The molecular formula is C24H24ClFN4O3. The van der Waals surface area contributed by atoms with E-state index in [2.05, 4.69) is 15.3 Å². The van der Waals surface area contributed by atoms with E-state index >= 15 is 0 Å². The number of anilines is 1. The first-order valence-electron chi connectivity index (χ1n) is 10.6. The van der Waals surface area contributed by atoms with Crippen LogP contribution in [-0.2, 0) is 4.74 Å². The Morgan fingerprint density at radius 3 is 2.76 bits per heavy atom. The van der Waals surface area contributed by atoms with Gasteiger partial charge in [0.1, 0.15) is 17.3 Å². The largest absolute Gasteiger partial charge is 0.394 e. The number of hydrogen-bond donors (Lipinski definition) is 3. The fourth-order valence-corrected chi connectivity index (χ4v) is 4.05. The lowest BCUT2D eigenvalue weighted by atomic mass is 9.96. The molecule has 2 aromatic carbocycles. The zero-order chi connectivity index (χ0) is 23.4. The van der Waals surface area contributed by atoms with Crippen LogP contribution >= 0.6 is 11.6 Å². The third kappa shape index (κ3) is 5.30. The lowest BCUT2D eigenvalue weighted by Gasteiger charge is -2.22. The molecule has 0 saturated carbocycles. The fourth-order valence-electron chi connectivity index (χ4n) is 3.85. The number of hydrogen-bond acceptors (Lipinski definition) is 6. The van der Waals surface area contributed by atoms with Crippen LogP contribution in [-0.4, -0.2) is 40.8 Å². The van der Waals surface area contributed by atoms with Crippen molar-refractivity contribution in [2.24, 2.45) is 0 Å². The molecule has 7 nitrogen and oxygen atoms in total. The molecule has 1 aliphatic heterocycles. The van der Waals surface area contributed by atoms with Gasteiger partial charge in [0.05, 0.1) is 30.1 Å². The number of aliphatic hydroxyl groups is 1. The van der Waals surface area contributed by atoms with E-state index in [1.807, 2.05) is 0 Å². The smallest absolute Gasteiger partial charge is 0.254 e. The molecule has 2 heterocycles. The standard InChI is InChI=1S/C24H24ClFN4O3/c25-17-3-1-2-15(10-17)21(13-31)30-24(32)18-5-4-16(11-19(18)26)22-23(27)28-12-20(29-22)14-6-8-33-9-7-14/h1-5,10-12,14,21,31H,6-9,13H2,(H2,27,28)(H,30,32). The van der Waals surface area contributed by atoms with E-state index in [0.717, 1.165) is 18.5 Å². The number of nitrogens with two attached hydrogens (primary N) is 1. The maximum atomic E-state index is 14.9. The molecule has 1 fully saturated rings. The summed E-state index contributed by atoms with van der Waals surface area (Å²) in [5.41, 5.74) is 8.06. The third-order valence-electron chi connectivity index (χ3n) is 5.69. The Hall–Kier alpha value is -3.07. The molecule has 0 radical (unpaired) electrons. The summed E-state index contributed by atoms with van der Waals surface area (Å²) in [7, 11) is 0. The summed E-state index contributed by atoms with van der Waals surface area (Å²) in [6.07, 6.45) is 3.33. The van der Waals surface area contributed by atoms with Crippen LogP contribution in [0.3, 0.4) is 0 Å². The molecule has 1 aromatic heterocycles. The normalized spacial score (nSPS) is 15.2. The van der Waals surface area contributed by atoms with Crippen molar-refractivity contribution in [1.82, 2.24) is 15.3 Å². The number of amides is 1. The van der Waals surface area contributed by atoms with Crippen LogP contribution in [0.1, 0.15) is 46.4 Å². The molecule has 1 amide bonds. The van der Waals surface area contributed by atoms with Gasteiger partial charge in [-0.1, -0.05) is 29.8 Å². The summed E-state index contributed by atoms with van der Waals surface area (Å²) in [6, 6.07) is 10.2. The predicted molar refractivity (Wildman–Crippen MR) is 123 cm³/mol. The summed E-state index contributed by atoms with van der Waals surface area (Å²) >= 11 is 5.99. The predicted octanol–water partition coefficient (Wildman–Crippen LogP) is 3.88. The van der Waals surface area contributed by atoms with Gasteiger partial charge >= 0.3 is 0 Å². The maximum absolute atomic E-state index is 14.9. The maximum Gasteiger partial charge on any atom is 0.254 e. The number of halogens is 2. The van der Waals surface area contributed by atoms with Gasteiger partial charge in [0.25, 0.3) is 5.91 Å². The number of nitrogens with zero attached hydrogens (tertiary/aromatic N) is 2. The molecule has 1 atom stereocenters. The Morgan fingerprint density at radius 1 is 1.27 bits per heavy atom. The number of aromatic nitrogens is 2. The zero-order valence-electron chi connectivity index (χ0n) is 17.8. The molecule has 0 bridgehead atoms. The van der Waals surface area contributed by atoms with Crippen molar-refractivity contribution in [3.8, 4) is 11.3 Å². The number of ether oxygens (including phenoxy) is 1. The van der Waals surface area contributed by atoms with Crippen molar-refractivity contribution >= 4 is 23.3 Å². The van der Waals surface area contributed by atoms with E-state index in [1.165, 1.54) is 12.1 Å². The fraction of sp³-hybridized carbons (Fsp3) is 0.292. The Labute approximate surface area is 195 Å². The first kappa shape index (κ1) is 23.1. The number of benzene rings is 2. The van der Waals surface area contributed by atoms with Crippen LogP contribution in [0.4, 0.5) is 10.2 Å². The lowest BCUT2D eigenvalue weighted by molar-refractivity contribution is 0.0844. The van der Waals surface area contributed by atoms with Crippen molar-refractivity contribution in [3.05, 3.63) is 76.3 Å². The van der Waals surface area contributed by atoms with Gasteiger partial charge in [0.2, 0.25) is 0 Å². The van der Waals surface area contributed by atoms with Gasteiger partial charge in [-0.2, -0.15) is 0 Å². The van der Waals surface area contributed by atoms with Gasteiger partial charge < -0.3 is 20.9 Å². The second-order valence-electron chi connectivity index (χ2n) is 7.87. The molecule has 4 rings (SSSR count). The van der Waals surface area contributed by atoms with Gasteiger partial charge in [-0.3, -0.25) is 4.79 Å². The molecule has 33 heavy (non-hydrogen) atoms. The van der Waals surface area contributed by atoms with Crippen LogP contribution in [0.25, 0.3) is 11.3 Å². The minimum atomic E-state index is -0.731. The summed E-state index contributed by atoms with van der Waals surface area (Å²) in [4.78, 5) is 21.6. The second kappa shape index (κ2) is 10.2. The van der Waals surface area contributed by atoms with Crippen molar-refractivity contribution in [3.63, 3.8) is 0 Å². The van der Waals surface area contributed by atoms with Gasteiger partial charge in [-0.25, -0.2) is 14.4 Å². The molecule has 3 aromatic rings. The first-order valence-corrected chi connectivity index (χ1v) is 11.0. The Kier molecular flexibility index (Phi) is 7.17. The quantitative estimate of drug-likeness (QED) is 0.504. The van der Waals surface area contributed by atoms with Gasteiger partial charge in [-0.05, 0) is 42.7 Å². The number of nitrogen functional groups attached to an aromatic ring is 1. The van der Waals surface area contributed by atoms with Crippen molar-refractivity contribution in [1.29, 1.82) is 0 Å². The minimum Gasteiger partial charge on any atom is -0.394 e. The number of nitrogens with one attached hydrogen (secondary N) is 1. The highest BCUT2D eigenvalue weighted by Crippen LogP contribution is 2.30. The molecule has 1 aliphatic rings. The van der Waals surface area contributed by atoms with E-state index in [-0.39, 0.29) is 23.9 Å². The van der Waals surface area contributed by atoms with Crippen LogP contribution in [0, 0.1) is 5.82 Å². The lowest BCUT2D eigenvalue weighted by Crippen LogP contribution is -2.31. The summed E-state index contributed by atoms with van der Waals surface area (Å²) < 4.78 is 20.3. The number of carbonyl (C=O) groups is 1. The van der Waals surface area contributed by atoms with Gasteiger partial charge in [-0.15, -0.1) is 0 Å². The van der Waals surface area contributed by atoms with E-state index < -0.39 is 17.8 Å². The Balaban J connectivity index is 1.56. The van der Waals surface area contributed by atoms with Crippen molar-refractivity contribution < 1.29 is 19.0 Å². The highest BCUT2D eigenvalue weighted by molar-refractivity contribution is 6.30. The highest BCUT2D eigenvalue weighted by Gasteiger charge is 2.21. The highest BCUT2D eigenvalue weighted by atomic mass is 35.5. The Morgan fingerprint density at radius 2 is 2.06 bits per heavy atom. The second-order valence-corrected chi connectivity index (χ2v) is 8.31. The SMILES string of the molecule is Nc1ncc(C2CCOCC2)nc1-c1ccc(C(=O)NC(CO)c2cccc(Cl)c2)c(F)c1. The van der Waals surface area contributed by atoms with Crippen molar-refractivity contribution in [2.75, 3.05) is 25.6 Å². The molecule has 1 unspecified atom stereocenters. The molecule has 1 saturated heterocycles. The minimum absolute atomic E-state index is 0.161. The van der Waals surface area contributed by atoms with Crippen LogP contribution in [0.15, 0.2) is 48.7 Å². The monoisotopic (exact) mass is 470 g/mol. The topological polar surface area (TPSA) is 110 Å². The average molecular weight is 471 g/mol. The van der Waals surface area contributed by atoms with Crippen LogP contribution < -0.4 is 11.1 Å². The summed E-state index contributed by atoms with van der Waals surface area (Å²) in [6.45, 7) is 0.958. The molecular weight excluding hydrogens is 447 g/mol. The number of aliphatic hydroxyl groups excluding tert-OH is 1. The number of rotatable bonds is 6. The molecule has 0 spiro atoms. The van der Waals surface area contributed by atoms with Gasteiger partial charge in [0.15, 0.2) is 0 Å². The number of carbonyl (C=O) groups excluding carboxylic acids is 1. The summed E-state index contributed by atoms with van der Waals surface area (Å²) in [5.74, 6) is -0.996. The van der Waals surface area contributed by atoms with E-state index in [0.29, 0.717) is 35.1 Å². The van der Waals surface area contributed by atoms with E-state index in [4.69, 9.17) is 22.1 Å². The van der Waals surface area contributed by atoms with Crippen molar-refractivity contribution in [2.45, 2.75) is 24.8 Å². The van der Waals surface area contributed by atoms with E-state index in [1.54, 1.807) is 36.5 Å². The average Bonchev–Trinajstić information content (AvgIpc) is 2.83. The molecule has 4 N–H and O–H groups in total. The van der Waals surface area contributed by atoms with Crippen LogP contribution in [0.2, 0.25) is 5.02 Å². The van der Waals surface area contributed by atoms with E-state index in [9.17, 15) is 14.3 Å². The summed E-state index contributed by atoms with van der Waals surface area (Å²) in [5, 5.41) is 12.8. The van der Waals surface area contributed by atoms with Gasteiger partial charge in [0, 0.05) is 29.7 Å². The Bertz CT molecular complexity index is 1150. The molecule has 172 valence electrons. The first-order chi connectivity index (χ1) is 16.0. The van der Waals surface area contributed by atoms with Crippen LogP contribution in [0.5, 0.6) is 0 Å². The molecule has 0 aliphatic carbocycles. The zero-order valence-corrected chi connectivity index (χ0v) is 18.6.